The Kier molecular flexibility index (Phi) is 5.33. The van der Waals surface area contributed by atoms with Gasteiger partial charge in [0.25, 0.3) is 5.91 Å². The molecule has 0 spiro atoms. The Balaban J connectivity index is 2.12. The maximum absolute atomic E-state index is 12.2. The van der Waals surface area contributed by atoms with Crippen molar-refractivity contribution in [1.82, 2.24) is 10.5 Å². The molecule has 9 heteroatoms. The van der Waals surface area contributed by atoms with Crippen LogP contribution in [-0.4, -0.2) is 30.3 Å². The number of sulfonamides is 1. The summed E-state index contributed by atoms with van der Waals surface area (Å²) in [7, 11) is -3.61. The number of hydrogen-bond acceptors (Lipinski definition) is 5. The maximum atomic E-state index is 12.2. The van der Waals surface area contributed by atoms with Gasteiger partial charge in [-0.15, -0.1) is 0 Å². The summed E-state index contributed by atoms with van der Waals surface area (Å²) in [5.41, 5.74) is 2.25. The SMILES string of the molecule is O=C(NO)c1cc(NS(=O)(=O)CC2=CCCC(Br)=C2)ccn1. The van der Waals surface area contributed by atoms with E-state index in [2.05, 4.69) is 25.6 Å². The van der Waals surface area contributed by atoms with Gasteiger partial charge in [-0.3, -0.25) is 19.7 Å². The molecule has 0 saturated heterocycles. The highest BCUT2D eigenvalue weighted by molar-refractivity contribution is 9.11. The van der Waals surface area contributed by atoms with Crippen molar-refractivity contribution >= 4 is 37.5 Å². The first-order valence-electron chi connectivity index (χ1n) is 6.36. The van der Waals surface area contributed by atoms with Crippen LogP contribution in [0.3, 0.4) is 0 Å². The van der Waals surface area contributed by atoms with Crippen LogP contribution in [0.15, 0.2) is 40.5 Å². The molecule has 0 saturated carbocycles. The number of nitrogens with zero attached hydrogens (tertiary/aromatic N) is 1. The summed E-state index contributed by atoms with van der Waals surface area (Å²) < 4.78 is 27.7. The van der Waals surface area contributed by atoms with Gasteiger partial charge < -0.3 is 0 Å². The third-order valence-corrected chi connectivity index (χ3v) is 4.74. The molecule has 7 nitrogen and oxygen atoms in total. The second kappa shape index (κ2) is 7.03. The molecule has 0 aromatic carbocycles. The van der Waals surface area contributed by atoms with E-state index >= 15 is 0 Å². The summed E-state index contributed by atoms with van der Waals surface area (Å²) in [6.07, 6.45) is 6.60. The van der Waals surface area contributed by atoms with Crippen molar-refractivity contribution in [3.63, 3.8) is 0 Å². The molecule has 1 heterocycles. The average molecular weight is 388 g/mol. The van der Waals surface area contributed by atoms with E-state index in [-0.39, 0.29) is 17.1 Å². The lowest BCUT2D eigenvalue weighted by molar-refractivity contribution is 0.0701. The van der Waals surface area contributed by atoms with Crippen LogP contribution in [0.5, 0.6) is 0 Å². The van der Waals surface area contributed by atoms with Crippen LogP contribution < -0.4 is 10.2 Å². The lowest BCUT2D eigenvalue weighted by atomic mass is 10.1. The summed E-state index contributed by atoms with van der Waals surface area (Å²) in [6, 6.07) is 2.66. The van der Waals surface area contributed by atoms with Gasteiger partial charge in [-0.25, -0.2) is 13.9 Å². The van der Waals surface area contributed by atoms with Crippen molar-refractivity contribution in [2.45, 2.75) is 12.8 Å². The van der Waals surface area contributed by atoms with E-state index in [0.717, 1.165) is 17.3 Å². The molecule has 0 unspecified atom stereocenters. The second-order valence-corrected chi connectivity index (χ2v) is 7.38. The van der Waals surface area contributed by atoms with Gasteiger partial charge in [0.2, 0.25) is 10.0 Å². The van der Waals surface area contributed by atoms with Gasteiger partial charge in [0.1, 0.15) is 5.69 Å². The van der Waals surface area contributed by atoms with Crippen LogP contribution in [0.1, 0.15) is 23.3 Å². The lowest BCUT2D eigenvalue weighted by Crippen LogP contribution is -2.21. The number of allylic oxidation sites excluding steroid dienone is 3. The topological polar surface area (TPSA) is 108 Å². The lowest BCUT2D eigenvalue weighted by Gasteiger charge is -2.12. The van der Waals surface area contributed by atoms with E-state index in [9.17, 15) is 13.2 Å². The van der Waals surface area contributed by atoms with E-state index in [4.69, 9.17) is 5.21 Å². The number of pyridine rings is 1. The molecule has 1 aliphatic carbocycles. The van der Waals surface area contributed by atoms with Crippen molar-refractivity contribution in [2.24, 2.45) is 0 Å². The van der Waals surface area contributed by atoms with Gasteiger partial charge in [-0.1, -0.05) is 22.0 Å². The first-order chi connectivity index (χ1) is 10.4. The number of halogens is 1. The maximum Gasteiger partial charge on any atom is 0.293 e. The number of anilines is 1. The number of carbonyl (C=O) groups is 1. The Hall–Kier alpha value is -1.71. The third kappa shape index (κ3) is 4.65. The Labute approximate surface area is 136 Å². The number of hydroxylamine groups is 1. The Morgan fingerprint density at radius 2 is 2.23 bits per heavy atom. The van der Waals surface area contributed by atoms with Gasteiger partial charge in [-0.2, -0.15) is 0 Å². The zero-order valence-electron chi connectivity index (χ0n) is 11.4. The fourth-order valence-electron chi connectivity index (χ4n) is 1.94. The second-order valence-electron chi connectivity index (χ2n) is 4.64. The van der Waals surface area contributed by atoms with E-state index in [1.165, 1.54) is 23.8 Å². The Morgan fingerprint density at radius 3 is 2.91 bits per heavy atom. The summed E-state index contributed by atoms with van der Waals surface area (Å²) in [5, 5.41) is 8.56. The highest BCUT2D eigenvalue weighted by Crippen LogP contribution is 2.23. The number of amides is 1. The minimum absolute atomic E-state index is 0.0952. The number of hydrogen-bond donors (Lipinski definition) is 3. The molecular formula is C13H14BrN3O4S. The molecule has 22 heavy (non-hydrogen) atoms. The fourth-order valence-corrected chi connectivity index (χ4v) is 3.66. The van der Waals surface area contributed by atoms with E-state index in [1.807, 2.05) is 6.08 Å². The molecule has 0 atom stereocenters. The molecular weight excluding hydrogens is 374 g/mol. The molecule has 118 valence electrons. The van der Waals surface area contributed by atoms with Crippen LogP contribution in [0.25, 0.3) is 0 Å². The molecule has 0 fully saturated rings. The zero-order chi connectivity index (χ0) is 16.2. The van der Waals surface area contributed by atoms with Gasteiger partial charge >= 0.3 is 0 Å². The van der Waals surface area contributed by atoms with Crippen LogP contribution in [0, 0.1) is 0 Å². The van der Waals surface area contributed by atoms with Crippen LogP contribution in [0.4, 0.5) is 5.69 Å². The Morgan fingerprint density at radius 1 is 1.45 bits per heavy atom. The number of carbonyl (C=O) groups excluding carboxylic acids is 1. The van der Waals surface area contributed by atoms with E-state index in [1.54, 1.807) is 6.08 Å². The number of rotatable bonds is 5. The van der Waals surface area contributed by atoms with Gasteiger partial charge in [0.05, 0.1) is 11.4 Å². The monoisotopic (exact) mass is 387 g/mol. The third-order valence-electron chi connectivity index (χ3n) is 2.86. The molecule has 0 radical (unpaired) electrons. The molecule has 1 aromatic rings. The molecule has 3 N–H and O–H groups in total. The van der Waals surface area contributed by atoms with Crippen molar-refractivity contribution in [1.29, 1.82) is 0 Å². The predicted molar refractivity (Wildman–Crippen MR) is 85.2 cm³/mol. The summed E-state index contributed by atoms with van der Waals surface area (Å²) in [4.78, 5) is 15.0. The minimum Gasteiger partial charge on any atom is -0.288 e. The van der Waals surface area contributed by atoms with Gasteiger partial charge in [-0.05, 0) is 41.1 Å². The van der Waals surface area contributed by atoms with Crippen LogP contribution >= 0.6 is 15.9 Å². The molecule has 1 amide bonds. The molecule has 0 aliphatic heterocycles. The predicted octanol–water partition coefficient (Wildman–Crippen LogP) is 1.94. The molecule has 2 rings (SSSR count). The normalized spacial score (nSPS) is 14.8. The van der Waals surface area contributed by atoms with Crippen molar-refractivity contribution < 1.29 is 18.4 Å². The quantitative estimate of drug-likeness (QED) is 0.528. The first-order valence-corrected chi connectivity index (χ1v) is 8.80. The smallest absolute Gasteiger partial charge is 0.288 e. The molecule has 1 aliphatic rings. The Bertz CT molecular complexity index is 743. The zero-order valence-corrected chi connectivity index (χ0v) is 13.8. The van der Waals surface area contributed by atoms with E-state index < -0.39 is 15.9 Å². The standard InChI is InChI=1S/C13H14BrN3O4S/c14-10-3-1-2-9(6-10)8-22(20,21)17-11-4-5-15-12(7-11)13(18)16-19/h2,4-7,19H,1,3,8H2,(H,15,17)(H,16,18). The minimum atomic E-state index is -3.61. The first kappa shape index (κ1) is 16.7. The van der Waals surface area contributed by atoms with E-state index in [0.29, 0.717) is 5.57 Å². The fraction of sp³-hybridized carbons (Fsp3) is 0.231. The summed E-state index contributed by atoms with van der Waals surface area (Å²) in [5.74, 6) is -0.978. The highest BCUT2D eigenvalue weighted by atomic mass is 79.9. The highest BCUT2D eigenvalue weighted by Gasteiger charge is 2.16. The average Bonchev–Trinajstić information content (AvgIpc) is 2.45. The van der Waals surface area contributed by atoms with Crippen molar-refractivity contribution in [3.8, 4) is 0 Å². The summed E-state index contributed by atoms with van der Waals surface area (Å²) in [6.45, 7) is 0. The van der Waals surface area contributed by atoms with Gasteiger partial charge in [0, 0.05) is 6.20 Å². The summed E-state index contributed by atoms with van der Waals surface area (Å²) >= 11 is 3.37. The largest absolute Gasteiger partial charge is 0.293 e. The molecule has 1 aromatic heterocycles. The van der Waals surface area contributed by atoms with Crippen molar-refractivity contribution in [3.05, 3.63) is 46.2 Å². The molecule has 0 bridgehead atoms. The number of nitrogens with one attached hydrogen (secondary N) is 2. The van der Waals surface area contributed by atoms with Gasteiger partial charge in [0.15, 0.2) is 0 Å². The van der Waals surface area contributed by atoms with Crippen LogP contribution in [0.2, 0.25) is 0 Å². The number of aromatic nitrogens is 1. The van der Waals surface area contributed by atoms with Crippen LogP contribution in [-0.2, 0) is 10.0 Å². The van der Waals surface area contributed by atoms with Crippen molar-refractivity contribution in [2.75, 3.05) is 10.5 Å².